The highest BCUT2D eigenvalue weighted by Gasteiger charge is 2.52. The number of likely N-dealkylation sites (tertiary alicyclic amines) is 1. The maximum Gasteiger partial charge on any atom is 0.325 e. The fourth-order valence-corrected chi connectivity index (χ4v) is 4.31. The third kappa shape index (κ3) is 3.87. The second kappa shape index (κ2) is 8.06. The number of nitrogens with zero attached hydrogens (tertiary/aromatic N) is 2. The monoisotopic (exact) mass is 421 g/mol. The number of urea groups is 1. The second-order valence-corrected chi connectivity index (χ2v) is 8.35. The van der Waals surface area contributed by atoms with Gasteiger partial charge in [-0.25, -0.2) is 4.79 Å². The van der Waals surface area contributed by atoms with Crippen molar-refractivity contribution in [2.45, 2.75) is 38.8 Å². The predicted molar refractivity (Wildman–Crippen MR) is 116 cm³/mol. The lowest BCUT2D eigenvalue weighted by Crippen LogP contribution is -2.55. The zero-order chi connectivity index (χ0) is 22.2. The lowest BCUT2D eigenvalue weighted by molar-refractivity contribution is -0.133. The predicted octanol–water partition coefficient (Wildman–Crippen LogP) is 3.04. The van der Waals surface area contributed by atoms with Crippen molar-refractivity contribution in [2.24, 2.45) is 0 Å². The number of hydrogen-bond acceptors (Lipinski definition) is 4. The van der Waals surface area contributed by atoms with E-state index in [1.807, 2.05) is 32.0 Å². The molecule has 2 aromatic rings. The number of methoxy groups -OCH3 is 1. The molecule has 1 N–H and O–H groups in total. The standard InChI is InChI=1S/C24H27N3O4/c1-16-4-5-17(2)19(14-16)15-27-22(29)24(25-23(27)30)10-12-26(13-11-24)21(28)18-6-8-20(31-3)9-7-18/h4-9,14H,10-13,15H2,1-3H3,(H,25,30). The molecule has 7 nitrogen and oxygen atoms in total. The van der Waals surface area contributed by atoms with Crippen molar-refractivity contribution >= 4 is 17.8 Å². The van der Waals surface area contributed by atoms with Gasteiger partial charge >= 0.3 is 6.03 Å². The summed E-state index contributed by atoms with van der Waals surface area (Å²) in [5.74, 6) is 0.411. The molecule has 2 aliphatic rings. The van der Waals surface area contributed by atoms with E-state index in [1.54, 1.807) is 36.3 Å². The van der Waals surface area contributed by atoms with Gasteiger partial charge in [0, 0.05) is 18.7 Å². The number of rotatable bonds is 4. The molecular weight excluding hydrogens is 394 g/mol. The van der Waals surface area contributed by atoms with Crippen LogP contribution in [0.2, 0.25) is 0 Å². The quantitative estimate of drug-likeness (QED) is 0.770. The zero-order valence-corrected chi connectivity index (χ0v) is 18.1. The molecule has 4 rings (SSSR count). The molecule has 0 atom stereocenters. The second-order valence-electron chi connectivity index (χ2n) is 8.35. The van der Waals surface area contributed by atoms with E-state index in [1.165, 1.54) is 4.90 Å². The van der Waals surface area contributed by atoms with Crippen LogP contribution in [0.1, 0.15) is 39.9 Å². The molecular formula is C24H27N3O4. The minimum Gasteiger partial charge on any atom is -0.497 e. The van der Waals surface area contributed by atoms with Crippen LogP contribution in [0.15, 0.2) is 42.5 Å². The summed E-state index contributed by atoms with van der Waals surface area (Å²) in [7, 11) is 1.58. The van der Waals surface area contributed by atoms with Gasteiger partial charge in [0.2, 0.25) is 0 Å². The van der Waals surface area contributed by atoms with Crippen LogP contribution < -0.4 is 10.1 Å². The third-order valence-corrected chi connectivity index (χ3v) is 6.32. The first-order chi connectivity index (χ1) is 14.8. The molecule has 0 radical (unpaired) electrons. The Kier molecular flexibility index (Phi) is 5.43. The van der Waals surface area contributed by atoms with Crippen LogP contribution in [0, 0.1) is 13.8 Å². The largest absolute Gasteiger partial charge is 0.497 e. The smallest absolute Gasteiger partial charge is 0.325 e. The summed E-state index contributed by atoms with van der Waals surface area (Å²) in [5.41, 5.74) is 2.76. The van der Waals surface area contributed by atoms with Gasteiger partial charge < -0.3 is 15.0 Å². The molecule has 2 aliphatic heterocycles. The molecule has 2 heterocycles. The topological polar surface area (TPSA) is 79.0 Å². The fraction of sp³-hybridized carbons (Fsp3) is 0.375. The molecule has 0 aromatic heterocycles. The van der Waals surface area contributed by atoms with E-state index in [4.69, 9.17) is 4.74 Å². The first kappa shape index (κ1) is 20.9. The van der Waals surface area contributed by atoms with E-state index < -0.39 is 5.54 Å². The number of piperidine rings is 1. The molecule has 1 spiro atoms. The molecule has 0 bridgehead atoms. The van der Waals surface area contributed by atoms with Crippen molar-refractivity contribution in [2.75, 3.05) is 20.2 Å². The van der Waals surface area contributed by atoms with Gasteiger partial charge in [0.05, 0.1) is 13.7 Å². The van der Waals surface area contributed by atoms with Gasteiger partial charge in [-0.2, -0.15) is 0 Å². The van der Waals surface area contributed by atoms with Crippen LogP contribution in [0.4, 0.5) is 4.79 Å². The molecule has 2 aromatic carbocycles. The average molecular weight is 421 g/mol. The fourth-order valence-electron chi connectivity index (χ4n) is 4.31. The van der Waals surface area contributed by atoms with Gasteiger partial charge in [-0.15, -0.1) is 0 Å². The maximum atomic E-state index is 13.2. The molecule has 0 aliphatic carbocycles. The van der Waals surface area contributed by atoms with E-state index in [0.29, 0.717) is 37.2 Å². The Bertz CT molecular complexity index is 1020. The number of hydrogen-bond donors (Lipinski definition) is 1. The molecule has 4 amide bonds. The molecule has 2 fully saturated rings. The Labute approximate surface area is 182 Å². The summed E-state index contributed by atoms with van der Waals surface area (Å²) >= 11 is 0. The van der Waals surface area contributed by atoms with Crippen molar-refractivity contribution in [1.29, 1.82) is 0 Å². The van der Waals surface area contributed by atoms with Crippen LogP contribution in [0.3, 0.4) is 0 Å². The molecule has 31 heavy (non-hydrogen) atoms. The van der Waals surface area contributed by atoms with Crippen LogP contribution in [0.5, 0.6) is 5.75 Å². The third-order valence-electron chi connectivity index (χ3n) is 6.32. The number of benzene rings is 2. The Balaban J connectivity index is 1.44. The maximum absolute atomic E-state index is 13.2. The lowest BCUT2D eigenvalue weighted by Gasteiger charge is -2.37. The number of ether oxygens (including phenoxy) is 1. The number of nitrogens with one attached hydrogen (secondary N) is 1. The summed E-state index contributed by atoms with van der Waals surface area (Å²) in [4.78, 5) is 41.8. The summed E-state index contributed by atoms with van der Waals surface area (Å²) < 4.78 is 5.14. The minimum absolute atomic E-state index is 0.0819. The molecule has 0 saturated carbocycles. The van der Waals surface area contributed by atoms with E-state index in [-0.39, 0.29) is 24.4 Å². The Hall–Kier alpha value is -3.35. The van der Waals surface area contributed by atoms with E-state index in [0.717, 1.165) is 16.7 Å². The molecule has 2 saturated heterocycles. The highest BCUT2D eigenvalue weighted by Crippen LogP contribution is 2.31. The Morgan fingerprint density at radius 1 is 1.06 bits per heavy atom. The van der Waals surface area contributed by atoms with Gasteiger partial charge in [0.1, 0.15) is 11.3 Å². The first-order valence-electron chi connectivity index (χ1n) is 10.5. The van der Waals surface area contributed by atoms with Gasteiger partial charge in [0.15, 0.2) is 0 Å². The van der Waals surface area contributed by atoms with Crippen molar-refractivity contribution in [3.05, 3.63) is 64.7 Å². The normalized spacial score (nSPS) is 17.8. The van der Waals surface area contributed by atoms with Crippen molar-refractivity contribution < 1.29 is 19.1 Å². The number of aryl methyl sites for hydroxylation is 2. The number of carbonyl (C=O) groups excluding carboxylic acids is 3. The summed E-state index contributed by atoms with van der Waals surface area (Å²) in [6.07, 6.45) is 0.811. The number of carbonyl (C=O) groups is 3. The van der Waals surface area contributed by atoms with Crippen molar-refractivity contribution in [3.63, 3.8) is 0 Å². The Morgan fingerprint density at radius 3 is 2.39 bits per heavy atom. The van der Waals surface area contributed by atoms with Gasteiger partial charge in [0.25, 0.3) is 11.8 Å². The van der Waals surface area contributed by atoms with Crippen molar-refractivity contribution in [1.82, 2.24) is 15.1 Å². The Morgan fingerprint density at radius 2 is 1.74 bits per heavy atom. The lowest BCUT2D eigenvalue weighted by atomic mass is 9.87. The van der Waals surface area contributed by atoms with E-state index in [2.05, 4.69) is 5.32 Å². The SMILES string of the molecule is COc1ccc(C(=O)N2CCC3(CC2)NC(=O)N(Cc2cc(C)ccc2C)C3=O)cc1. The van der Waals surface area contributed by atoms with Crippen LogP contribution >= 0.6 is 0 Å². The zero-order valence-electron chi connectivity index (χ0n) is 18.1. The summed E-state index contributed by atoms with van der Waals surface area (Å²) in [5, 5.41) is 2.92. The number of imide groups is 1. The summed E-state index contributed by atoms with van der Waals surface area (Å²) in [6.45, 7) is 5.05. The van der Waals surface area contributed by atoms with Crippen LogP contribution in [-0.2, 0) is 11.3 Å². The van der Waals surface area contributed by atoms with Gasteiger partial charge in [-0.05, 0) is 62.1 Å². The molecule has 7 heteroatoms. The highest BCUT2D eigenvalue weighted by molar-refractivity contribution is 6.07. The van der Waals surface area contributed by atoms with Crippen LogP contribution in [0.25, 0.3) is 0 Å². The van der Waals surface area contributed by atoms with Gasteiger partial charge in [-0.1, -0.05) is 23.8 Å². The van der Waals surface area contributed by atoms with Crippen molar-refractivity contribution in [3.8, 4) is 5.75 Å². The molecule has 0 unspecified atom stereocenters. The molecule has 162 valence electrons. The van der Waals surface area contributed by atoms with Crippen LogP contribution in [-0.4, -0.2) is 53.4 Å². The first-order valence-corrected chi connectivity index (χ1v) is 10.5. The highest BCUT2D eigenvalue weighted by atomic mass is 16.5. The van der Waals surface area contributed by atoms with E-state index in [9.17, 15) is 14.4 Å². The average Bonchev–Trinajstić information content (AvgIpc) is 3.00. The minimum atomic E-state index is -0.925. The van der Waals surface area contributed by atoms with E-state index >= 15 is 0 Å². The number of amides is 4. The summed E-state index contributed by atoms with van der Waals surface area (Å²) in [6, 6.07) is 12.6. The van der Waals surface area contributed by atoms with Gasteiger partial charge in [-0.3, -0.25) is 14.5 Å².